The Kier molecular flexibility index (Phi) is 5.80. The van der Waals surface area contributed by atoms with Crippen LogP contribution in [0.25, 0.3) is 5.69 Å². The summed E-state index contributed by atoms with van der Waals surface area (Å²) in [6.45, 7) is 5.27. The van der Waals surface area contributed by atoms with Crippen LogP contribution in [0.4, 0.5) is 0 Å². The molecule has 27 heavy (non-hydrogen) atoms. The lowest BCUT2D eigenvalue weighted by Gasteiger charge is -2.18. The molecule has 3 aromatic rings. The minimum absolute atomic E-state index is 0.0228. The number of hydrogen-bond acceptors (Lipinski definition) is 5. The van der Waals surface area contributed by atoms with Crippen molar-refractivity contribution in [1.82, 2.24) is 25.1 Å². The van der Waals surface area contributed by atoms with E-state index in [1.807, 2.05) is 44.2 Å². The Balaban J connectivity index is 1.50. The van der Waals surface area contributed by atoms with Gasteiger partial charge in [0.25, 0.3) is 5.91 Å². The maximum atomic E-state index is 12.6. The lowest BCUT2D eigenvalue weighted by molar-refractivity contribution is 0.0787. The minimum atomic E-state index is -0.0228. The predicted octanol–water partition coefficient (Wildman–Crippen LogP) is 2.82. The molecule has 0 spiro atoms. The van der Waals surface area contributed by atoms with E-state index in [1.165, 1.54) is 6.33 Å². The highest BCUT2D eigenvalue weighted by Crippen LogP contribution is 2.22. The van der Waals surface area contributed by atoms with Gasteiger partial charge in [-0.05, 0) is 66.1 Å². The van der Waals surface area contributed by atoms with Gasteiger partial charge in [-0.1, -0.05) is 18.2 Å². The van der Waals surface area contributed by atoms with Crippen LogP contribution in [-0.4, -0.2) is 51.2 Å². The number of aromatic nitrogens is 4. The fraction of sp³-hybridized carbons (Fsp3) is 0.300. The van der Waals surface area contributed by atoms with Crippen LogP contribution in [-0.2, 0) is 0 Å². The van der Waals surface area contributed by atoms with E-state index in [0.29, 0.717) is 18.7 Å². The Bertz CT molecular complexity index is 871. The lowest BCUT2D eigenvalue weighted by atomic mass is 10.1. The van der Waals surface area contributed by atoms with E-state index in [1.54, 1.807) is 28.8 Å². The van der Waals surface area contributed by atoms with Crippen LogP contribution in [0, 0.1) is 13.8 Å². The molecule has 1 amide bonds. The molecule has 0 unspecified atom stereocenters. The molecular formula is C20H23N5O2. The summed E-state index contributed by atoms with van der Waals surface area (Å²) in [7, 11) is 1.80. The number of benzene rings is 2. The van der Waals surface area contributed by atoms with Gasteiger partial charge >= 0.3 is 0 Å². The first-order chi connectivity index (χ1) is 13.1. The van der Waals surface area contributed by atoms with E-state index in [9.17, 15) is 4.79 Å². The molecule has 0 aliphatic carbocycles. The number of para-hydroxylation sites is 1. The summed E-state index contributed by atoms with van der Waals surface area (Å²) in [5.41, 5.74) is 3.69. The maximum absolute atomic E-state index is 12.6. The molecular weight excluding hydrogens is 342 g/mol. The van der Waals surface area contributed by atoms with Crippen LogP contribution in [0.5, 0.6) is 5.75 Å². The number of nitrogens with zero attached hydrogens (tertiary/aromatic N) is 5. The molecule has 0 aliphatic rings. The van der Waals surface area contributed by atoms with Crippen molar-refractivity contribution in [2.24, 2.45) is 0 Å². The highest BCUT2D eigenvalue weighted by Gasteiger charge is 2.12. The van der Waals surface area contributed by atoms with Crippen LogP contribution in [0.15, 0.2) is 48.8 Å². The largest absolute Gasteiger partial charge is 0.493 e. The molecule has 7 nitrogen and oxygen atoms in total. The van der Waals surface area contributed by atoms with Crippen molar-refractivity contribution >= 4 is 5.91 Å². The summed E-state index contributed by atoms with van der Waals surface area (Å²) in [6, 6.07) is 13.3. The third kappa shape index (κ3) is 4.49. The normalized spacial score (nSPS) is 10.6. The monoisotopic (exact) mass is 365 g/mol. The van der Waals surface area contributed by atoms with Gasteiger partial charge in [0.05, 0.1) is 12.3 Å². The number of aryl methyl sites for hydroxylation is 2. The Hall–Kier alpha value is -3.22. The zero-order valence-electron chi connectivity index (χ0n) is 15.8. The molecule has 1 aromatic heterocycles. The van der Waals surface area contributed by atoms with Crippen LogP contribution < -0.4 is 4.74 Å². The number of hydrogen-bond donors (Lipinski definition) is 0. The van der Waals surface area contributed by atoms with Gasteiger partial charge in [-0.25, -0.2) is 4.68 Å². The summed E-state index contributed by atoms with van der Waals surface area (Å²) in [5.74, 6) is 0.912. The molecule has 1 heterocycles. The second kappa shape index (κ2) is 8.44. The molecule has 7 heteroatoms. The van der Waals surface area contributed by atoms with Crippen LogP contribution >= 0.6 is 0 Å². The molecule has 0 aliphatic heterocycles. The number of amides is 1. The van der Waals surface area contributed by atoms with Gasteiger partial charge in [-0.2, -0.15) is 0 Å². The fourth-order valence-corrected chi connectivity index (χ4v) is 2.86. The lowest BCUT2D eigenvalue weighted by Crippen LogP contribution is -2.28. The van der Waals surface area contributed by atoms with Gasteiger partial charge in [0.15, 0.2) is 0 Å². The highest BCUT2D eigenvalue weighted by molar-refractivity contribution is 5.94. The summed E-state index contributed by atoms with van der Waals surface area (Å²) < 4.78 is 7.45. The van der Waals surface area contributed by atoms with Gasteiger partial charge in [-0.3, -0.25) is 4.79 Å². The van der Waals surface area contributed by atoms with E-state index in [-0.39, 0.29) is 5.91 Å². The summed E-state index contributed by atoms with van der Waals surface area (Å²) in [6.07, 6.45) is 2.28. The molecule has 0 bridgehead atoms. The van der Waals surface area contributed by atoms with Crippen molar-refractivity contribution in [2.45, 2.75) is 20.3 Å². The zero-order chi connectivity index (χ0) is 19.2. The third-order valence-electron chi connectivity index (χ3n) is 4.37. The average molecular weight is 365 g/mol. The van der Waals surface area contributed by atoms with Crippen molar-refractivity contribution < 1.29 is 9.53 Å². The van der Waals surface area contributed by atoms with Gasteiger partial charge in [0.1, 0.15) is 12.1 Å². The smallest absolute Gasteiger partial charge is 0.253 e. The molecule has 0 N–H and O–H groups in total. The van der Waals surface area contributed by atoms with Crippen molar-refractivity contribution in [3.05, 3.63) is 65.5 Å². The average Bonchev–Trinajstić information content (AvgIpc) is 3.21. The molecule has 0 saturated heterocycles. The first-order valence-corrected chi connectivity index (χ1v) is 8.84. The first-order valence-electron chi connectivity index (χ1n) is 8.84. The van der Waals surface area contributed by atoms with E-state index < -0.39 is 0 Å². The van der Waals surface area contributed by atoms with Gasteiger partial charge in [0, 0.05) is 19.2 Å². The van der Waals surface area contributed by atoms with E-state index in [4.69, 9.17) is 4.74 Å². The van der Waals surface area contributed by atoms with E-state index in [2.05, 4.69) is 15.5 Å². The summed E-state index contributed by atoms with van der Waals surface area (Å²) in [5, 5.41) is 11.0. The van der Waals surface area contributed by atoms with Crippen LogP contribution in [0.1, 0.15) is 27.9 Å². The molecule has 3 rings (SSSR count). The Morgan fingerprint density at radius 1 is 1.11 bits per heavy atom. The number of rotatable bonds is 7. The Morgan fingerprint density at radius 2 is 1.81 bits per heavy atom. The van der Waals surface area contributed by atoms with Crippen molar-refractivity contribution in [2.75, 3.05) is 20.2 Å². The van der Waals surface area contributed by atoms with Gasteiger partial charge in [-0.15, -0.1) is 5.10 Å². The number of tetrazole rings is 1. The number of carbonyl (C=O) groups is 1. The van der Waals surface area contributed by atoms with Crippen molar-refractivity contribution in [3.8, 4) is 11.4 Å². The summed E-state index contributed by atoms with van der Waals surface area (Å²) >= 11 is 0. The second-order valence-corrected chi connectivity index (χ2v) is 6.45. The van der Waals surface area contributed by atoms with Crippen molar-refractivity contribution in [3.63, 3.8) is 0 Å². The second-order valence-electron chi connectivity index (χ2n) is 6.45. The van der Waals surface area contributed by atoms with Crippen LogP contribution in [0.3, 0.4) is 0 Å². The molecule has 0 atom stereocenters. The molecule has 0 radical (unpaired) electrons. The van der Waals surface area contributed by atoms with Crippen LogP contribution in [0.2, 0.25) is 0 Å². The van der Waals surface area contributed by atoms with Crippen molar-refractivity contribution in [1.29, 1.82) is 0 Å². The Morgan fingerprint density at radius 3 is 2.44 bits per heavy atom. The predicted molar refractivity (Wildman–Crippen MR) is 102 cm³/mol. The minimum Gasteiger partial charge on any atom is -0.493 e. The fourth-order valence-electron chi connectivity index (χ4n) is 2.86. The highest BCUT2D eigenvalue weighted by atomic mass is 16.5. The molecule has 2 aromatic carbocycles. The standard InChI is InChI=1S/C20H23N5O2/c1-15-6-4-7-16(2)19(15)27-13-5-12-24(3)20(26)17-8-10-18(11-9-17)25-14-21-22-23-25/h4,6-11,14H,5,12-13H2,1-3H3. The number of carbonyl (C=O) groups excluding carboxylic acids is 1. The van der Waals surface area contributed by atoms with E-state index in [0.717, 1.165) is 29.0 Å². The SMILES string of the molecule is Cc1cccc(C)c1OCCCN(C)C(=O)c1ccc(-n2cnnn2)cc1. The topological polar surface area (TPSA) is 73.1 Å². The molecule has 0 saturated carbocycles. The Labute approximate surface area is 158 Å². The van der Waals surface area contributed by atoms with Gasteiger partial charge < -0.3 is 9.64 Å². The van der Waals surface area contributed by atoms with Gasteiger partial charge in [0.2, 0.25) is 0 Å². The first kappa shape index (κ1) is 18.6. The summed E-state index contributed by atoms with van der Waals surface area (Å²) in [4.78, 5) is 14.3. The quantitative estimate of drug-likeness (QED) is 0.602. The maximum Gasteiger partial charge on any atom is 0.253 e. The number of ether oxygens (including phenoxy) is 1. The molecule has 0 fully saturated rings. The van der Waals surface area contributed by atoms with E-state index >= 15 is 0 Å². The molecule has 140 valence electrons. The zero-order valence-corrected chi connectivity index (χ0v) is 15.8. The third-order valence-corrected chi connectivity index (χ3v) is 4.37.